The fraction of sp³-hybridized carbons (Fsp3) is 0.364. The lowest BCUT2D eigenvalue weighted by atomic mass is 10.1. The standard InChI is InChI=1S/C11H15FN2O/c1-3-14(4-2)11(15)8-5-6-9(12)10(13)7-8/h5-7H,3-4,13H2,1-2H3. The quantitative estimate of drug-likeness (QED) is 0.774. The van der Waals surface area contributed by atoms with Gasteiger partial charge in [-0.3, -0.25) is 4.79 Å². The summed E-state index contributed by atoms with van der Waals surface area (Å²) in [6.07, 6.45) is 0. The molecule has 1 amide bonds. The SMILES string of the molecule is CCN(CC)C(=O)c1ccc(F)c(N)c1. The van der Waals surface area contributed by atoms with Crippen LogP contribution in [0.1, 0.15) is 24.2 Å². The first-order valence-corrected chi connectivity index (χ1v) is 4.94. The van der Waals surface area contributed by atoms with Crippen molar-refractivity contribution in [1.82, 2.24) is 4.90 Å². The minimum absolute atomic E-state index is 0.00741. The summed E-state index contributed by atoms with van der Waals surface area (Å²) in [4.78, 5) is 13.5. The molecule has 0 spiro atoms. The number of rotatable bonds is 3. The normalized spacial score (nSPS) is 10.1. The van der Waals surface area contributed by atoms with Crippen molar-refractivity contribution in [2.24, 2.45) is 0 Å². The van der Waals surface area contributed by atoms with Crippen LogP contribution in [0.5, 0.6) is 0 Å². The van der Waals surface area contributed by atoms with Crippen LogP contribution in [-0.4, -0.2) is 23.9 Å². The lowest BCUT2D eigenvalue weighted by Gasteiger charge is -2.18. The van der Waals surface area contributed by atoms with Gasteiger partial charge in [-0.05, 0) is 32.0 Å². The Hall–Kier alpha value is -1.58. The maximum Gasteiger partial charge on any atom is 0.253 e. The average molecular weight is 210 g/mol. The number of benzene rings is 1. The second-order valence-electron chi connectivity index (χ2n) is 3.21. The highest BCUT2D eigenvalue weighted by Crippen LogP contribution is 2.13. The molecule has 0 bridgehead atoms. The summed E-state index contributed by atoms with van der Waals surface area (Å²) < 4.78 is 12.9. The van der Waals surface area contributed by atoms with Crippen molar-refractivity contribution in [3.63, 3.8) is 0 Å². The molecule has 0 saturated carbocycles. The van der Waals surface area contributed by atoms with Crippen molar-refractivity contribution in [3.8, 4) is 0 Å². The number of carbonyl (C=O) groups is 1. The van der Waals surface area contributed by atoms with Gasteiger partial charge in [0.25, 0.3) is 5.91 Å². The summed E-state index contributed by atoms with van der Waals surface area (Å²) in [5.41, 5.74) is 5.83. The third-order valence-electron chi connectivity index (χ3n) is 2.29. The fourth-order valence-electron chi connectivity index (χ4n) is 1.37. The Balaban J connectivity index is 2.96. The maximum atomic E-state index is 12.9. The number of nitrogens with two attached hydrogens (primary N) is 1. The van der Waals surface area contributed by atoms with Gasteiger partial charge in [0.1, 0.15) is 5.82 Å². The van der Waals surface area contributed by atoms with Crippen LogP contribution in [0.3, 0.4) is 0 Å². The van der Waals surface area contributed by atoms with Crippen LogP contribution in [0, 0.1) is 5.82 Å². The van der Waals surface area contributed by atoms with Crippen molar-refractivity contribution in [3.05, 3.63) is 29.6 Å². The van der Waals surface area contributed by atoms with E-state index in [4.69, 9.17) is 5.73 Å². The molecule has 0 aromatic heterocycles. The molecule has 0 unspecified atom stereocenters. The molecule has 3 nitrogen and oxygen atoms in total. The van der Waals surface area contributed by atoms with E-state index in [0.29, 0.717) is 18.7 Å². The molecule has 2 N–H and O–H groups in total. The lowest BCUT2D eigenvalue weighted by molar-refractivity contribution is 0.0773. The first-order valence-electron chi connectivity index (χ1n) is 4.94. The zero-order valence-electron chi connectivity index (χ0n) is 8.96. The number of anilines is 1. The smallest absolute Gasteiger partial charge is 0.253 e. The number of nitrogen functional groups attached to an aromatic ring is 1. The topological polar surface area (TPSA) is 46.3 Å². The molecular formula is C11H15FN2O. The minimum atomic E-state index is -0.494. The van der Waals surface area contributed by atoms with Gasteiger partial charge in [0.2, 0.25) is 0 Å². The predicted molar refractivity (Wildman–Crippen MR) is 58.1 cm³/mol. The van der Waals surface area contributed by atoms with E-state index in [-0.39, 0.29) is 11.6 Å². The molecule has 15 heavy (non-hydrogen) atoms. The third-order valence-corrected chi connectivity index (χ3v) is 2.29. The highest BCUT2D eigenvalue weighted by Gasteiger charge is 2.13. The highest BCUT2D eigenvalue weighted by molar-refractivity contribution is 5.95. The van der Waals surface area contributed by atoms with Gasteiger partial charge in [0, 0.05) is 18.7 Å². The van der Waals surface area contributed by atoms with Crippen molar-refractivity contribution in [2.45, 2.75) is 13.8 Å². The van der Waals surface area contributed by atoms with E-state index < -0.39 is 5.82 Å². The summed E-state index contributed by atoms with van der Waals surface area (Å²) in [5.74, 6) is -0.613. The number of carbonyl (C=O) groups excluding carboxylic acids is 1. The van der Waals surface area contributed by atoms with E-state index in [1.54, 1.807) is 4.90 Å². The largest absolute Gasteiger partial charge is 0.396 e. The second kappa shape index (κ2) is 4.77. The van der Waals surface area contributed by atoms with Gasteiger partial charge in [-0.2, -0.15) is 0 Å². The molecule has 0 aliphatic heterocycles. The first kappa shape index (κ1) is 11.5. The third kappa shape index (κ3) is 2.46. The van der Waals surface area contributed by atoms with E-state index in [2.05, 4.69) is 0 Å². The molecule has 1 rings (SSSR count). The Kier molecular flexibility index (Phi) is 3.66. The van der Waals surface area contributed by atoms with Crippen molar-refractivity contribution < 1.29 is 9.18 Å². The molecule has 0 aliphatic carbocycles. The molecule has 1 aromatic rings. The summed E-state index contributed by atoms with van der Waals surface area (Å²) in [5, 5.41) is 0. The van der Waals surface area contributed by atoms with E-state index in [0.717, 1.165) is 0 Å². The summed E-state index contributed by atoms with van der Waals surface area (Å²) in [6.45, 7) is 5.06. The number of nitrogens with zero attached hydrogens (tertiary/aromatic N) is 1. The number of amides is 1. The number of halogens is 1. The van der Waals surface area contributed by atoms with Crippen LogP contribution < -0.4 is 5.73 Å². The molecule has 0 fully saturated rings. The minimum Gasteiger partial charge on any atom is -0.396 e. The molecular weight excluding hydrogens is 195 g/mol. The van der Waals surface area contributed by atoms with Crippen LogP contribution in [0.2, 0.25) is 0 Å². The first-order chi connectivity index (χ1) is 7.10. The molecule has 0 saturated heterocycles. The van der Waals surface area contributed by atoms with E-state index in [1.807, 2.05) is 13.8 Å². The van der Waals surface area contributed by atoms with Gasteiger partial charge in [-0.25, -0.2) is 4.39 Å². The van der Waals surface area contributed by atoms with Crippen LogP contribution in [-0.2, 0) is 0 Å². The second-order valence-corrected chi connectivity index (χ2v) is 3.21. The molecule has 0 aliphatic rings. The Morgan fingerprint density at radius 2 is 2.00 bits per heavy atom. The van der Waals surface area contributed by atoms with Gasteiger partial charge in [-0.15, -0.1) is 0 Å². The zero-order chi connectivity index (χ0) is 11.4. The average Bonchev–Trinajstić information content (AvgIpc) is 2.23. The van der Waals surface area contributed by atoms with E-state index >= 15 is 0 Å². The van der Waals surface area contributed by atoms with E-state index in [1.165, 1.54) is 18.2 Å². The molecule has 82 valence electrons. The molecule has 1 aromatic carbocycles. The highest BCUT2D eigenvalue weighted by atomic mass is 19.1. The van der Waals surface area contributed by atoms with Crippen LogP contribution in [0.25, 0.3) is 0 Å². The van der Waals surface area contributed by atoms with Crippen LogP contribution in [0.4, 0.5) is 10.1 Å². The van der Waals surface area contributed by atoms with Crippen molar-refractivity contribution >= 4 is 11.6 Å². The predicted octanol–water partition coefficient (Wildman–Crippen LogP) is 1.89. The molecule has 0 heterocycles. The molecule has 0 atom stereocenters. The lowest BCUT2D eigenvalue weighted by Crippen LogP contribution is -2.30. The Labute approximate surface area is 88.7 Å². The van der Waals surface area contributed by atoms with Gasteiger partial charge in [0.05, 0.1) is 5.69 Å². The van der Waals surface area contributed by atoms with Gasteiger partial charge in [-0.1, -0.05) is 0 Å². The summed E-state index contributed by atoms with van der Waals surface area (Å²) in [6, 6.07) is 4.04. The molecule has 0 radical (unpaired) electrons. The fourth-order valence-corrected chi connectivity index (χ4v) is 1.37. The van der Waals surface area contributed by atoms with Crippen LogP contribution >= 0.6 is 0 Å². The molecule has 4 heteroatoms. The van der Waals surface area contributed by atoms with E-state index in [9.17, 15) is 9.18 Å². The summed E-state index contributed by atoms with van der Waals surface area (Å²) >= 11 is 0. The van der Waals surface area contributed by atoms with Crippen LogP contribution in [0.15, 0.2) is 18.2 Å². The zero-order valence-corrected chi connectivity index (χ0v) is 8.96. The Bertz CT molecular complexity index is 362. The Morgan fingerprint density at radius 3 is 2.47 bits per heavy atom. The van der Waals surface area contributed by atoms with Crippen molar-refractivity contribution in [1.29, 1.82) is 0 Å². The maximum absolute atomic E-state index is 12.9. The summed E-state index contributed by atoms with van der Waals surface area (Å²) in [7, 11) is 0. The van der Waals surface area contributed by atoms with Gasteiger partial charge < -0.3 is 10.6 Å². The van der Waals surface area contributed by atoms with Gasteiger partial charge in [0.15, 0.2) is 0 Å². The monoisotopic (exact) mass is 210 g/mol. The Morgan fingerprint density at radius 1 is 1.40 bits per heavy atom. The van der Waals surface area contributed by atoms with Crippen molar-refractivity contribution in [2.75, 3.05) is 18.8 Å². The number of hydrogen-bond acceptors (Lipinski definition) is 2. The van der Waals surface area contributed by atoms with Gasteiger partial charge >= 0.3 is 0 Å². The number of hydrogen-bond donors (Lipinski definition) is 1.